The highest BCUT2D eigenvalue weighted by Gasteiger charge is 2.23. The van der Waals surface area contributed by atoms with Crippen LogP contribution in [-0.4, -0.2) is 27.8 Å². The molecule has 5 rings (SSSR count). The minimum atomic E-state index is -0.167. The summed E-state index contributed by atoms with van der Waals surface area (Å²) in [6, 6.07) is 14.7. The summed E-state index contributed by atoms with van der Waals surface area (Å²) < 4.78 is 11.9. The third-order valence-electron chi connectivity index (χ3n) is 5.07. The lowest BCUT2D eigenvalue weighted by Crippen LogP contribution is -2.31. The molecule has 0 amide bonds. The van der Waals surface area contributed by atoms with Crippen molar-refractivity contribution in [1.29, 1.82) is 0 Å². The van der Waals surface area contributed by atoms with Crippen molar-refractivity contribution in [3.8, 4) is 16.9 Å². The van der Waals surface area contributed by atoms with E-state index < -0.39 is 0 Å². The molecule has 0 unspecified atom stereocenters. The molecule has 170 valence electrons. The zero-order chi connectivity index (χ0) is 23.4. The van der Waals surface area contributed by atoms with Crippen molar-refractivity contribution in [3.63, 3.8) is 0 Å². The number of aromatic nitrogens is 1. The van der Waals surface area contributed by atoms with E-state index in [4.69, 9.17) is 25.9 Å². The fourth-order valence-electron chi connectivity index (χ4n) is 3.63. The number of hydrogen-bond acceptors (Lipinski definition) is 6. The van der Waals surface area contributed by atoms with E-state index in [0.29, 0.717) is 41.4 Å². The Morgan fingerprint density at radius 1 is 1.15 bits per heavy atom. The monoisotopic (exact) mass is 464 g/mol. The Morgan fingerprint density at radius 2 is 1.91 bits per heavy atom. The highest BCUT2D eigenvalue weighted by Crippen LogP contribution is 2.33. The summed E-state index contributed by atoms with van der Waals surface area (Å²) in [6.07, 6.45) is 4.96. The molecule has 4 aromatic rings. The standard InChI is InChI=1S/C23H17ClN2O3.C3H8O/c24-17-5-3-16(4-6-17)20-13-28-23-18(22(20)27)7-8-21-19(23)12-26(14-29-21)11-15-2-1-9-25-10-15;1-3(2)4/h1-10,13H,11-12,14H2;3-4H,1-2H3. The molecule has 0 saturated carbocycles. The normalized spacial score (nSPS) is 13.2. The topological polar surface area (TPSA) is 75.8 Å². The van der Waals surface area contributed by atoms with Gasteiger partial charge in [0, 0.05) is 36.6 Å². The van der Waals surface area contributed by atoms with Gasteiger partial charge >= 0.3 is 0 Å². The van der Waals surface area contributed by atoms with Crippen LogP contribution >= 0.6 is 11.6 Å². The highest BCUT2D eigenvalue weighted by molar-refractivity contribution is 6.30. The van der Waals surface area contributed by atoms with Crippen LogP contribution in [0.4, 0.5) is 0 Å². The van der Waals surface area contributed by atoms with Gasteiger partial charge in [-0.2, -0.15) is 0 Å². The van der Waals surface area contributed by atoms with Crippen LogP contribution < -0.4 is 10.2 Å². The second-order valence-corrected chi connectivity index (χ2v) is 8.56. The van der Waals surface area contributed by atoms with E-state index in [2.05, 4.69) is 9.88 Å². The maximum absolute atomic E-state index is 13.1. The molecular weight excluding hydrogens is 440 g/mol. The van der Waals surface area contributed by atoms with Crippen LogP contribution in [0.1, 0.15) is 25.0 Å². The molecular formula is C26H25ClN2O4. The fourth-order valence-corrected chi connectivity index (χ4v) is 3.76. The van der Waals surface area contributed by atoms with E-state index in [1.807, 2.05) is 36.5 Å². The van der Waals surface area contributed by atoms with Crippen molar-refractivity contribution in [2.45, 2.75) is 33.0 Å². The van der Waals surface area contributed by atoms with E-state index in [-0.39, 0.29) is 11.5 Å². The number of ether oxygens (including phenoxy) is 1. The summed E-state index contributed by atoms with van der Waals surface area (Å²) in [5, 5.41) is 9.22. The molecule has 0 radical (unpaired) electrons. The molecule has 0 atom stereocenters. The molecule has 0 bridgehead atoms. The van der Waals surface area contributed by atoms with Crippen LogP contribution in [0.3, 0.4) is 0 Å². The van der Waals surface area contributed by atoms with Gasteiger partial charge in [-0.05, 0) is 55.3 Å². The van der Waals surface area contributed by atoms with Crippen LogP contribution in [0.2, 0.25) is 5.02 Å². The average Bonchev–Trinajstić information content (AvgIpc) is 2.80. The molecule has 0 fully saturated rings. The fraction of sp³-hybridized carbons (Fsp3) is 0.231. The lowest BCUT2D eigenvalue weighted by atomic mass is 10.0. The van der Waals surface area contributed by atoms with Gasteiger partial charge in [0.15, 0.2) is 0 Å². The van der Waals surface area contributed by atoms with Crippen LogP contribution in [0.25, 0.3) is 22.1 Å². The van der Waals surface area contributed by atoms with Gasteiger partial charge in [-0.25, -0.2) is 0 Å². The van der Waals surface area contributed by atoms with E-state index in [0.717, 1.165) is 22.4 Å². The van der Waals surface area contributed by atoms with E-state index in [9.17, 15) is 4.79 Å². The molecule has 0 saturated heterocycles. The van der Waals surface area contributed by atoms with Crippen LogP contribution in [0, 0.1) is 0 Å². The largest absolute Gasteiger partial charge is 0.478 e. The van der Waals surface area contributed by atoms with E-state index in [1.54, 1.807) is 38.2 Å². The highest BCUT2D eigenvalue weighted by atomic mass is 35.5. The quantitative estimate of drug-likeness (QED) is 0.446. The van der Waals surface area contributed by atoms with Crippen LogP contribution in [0.5, 0.6) is 5.75 Å². The summed E-state index contributed by atoms with van der Waals surface area (Å²) in [7, 11) is 0. The second-order valence-electron chi connectivity index (χ2n) is 8.12. The van der Waals surface area contributed by atoms with Crippen molar-refractivity contribution in [2.24, 2.45) is 0 Å². The summed E-state index contributed by atoms with van der Waals surface area (Å²) in [5.74, 6) is 0.752. The molecule has 0 spiro atoms. The Labute approximate surface area is 197 Å². The number of benzene rings is 2. The third kappa shape index (κ3) is 5.42. The number of aliphatic hydroxyl groups excluding tert-OH is 1. The van der Waals surface area contributed by atoms with Crippen LogP contribution in [-0.2, 0) is 13.1 Å². The first-order valence-electron chi connectivity index (χ1n) is 10.7. The van der Waals surface area contributed by atoms with Gasteiger partial charge < -0.3 is 14.3 Å². The van der Waals surface area contributed by atoms with Gasteiger partial charge in [0.25, 0.3) is 0 Å². The molecule has 6 nitrogen and oxygen atoms in total. The smallest absolute Gasteiger partial charge is 0.200 e. The molecule has 3 heterocycles. The zero-order valence-electron chi connectivity index (χ0n) is 18.5. The molecule has 33 heavy (non-hydrogen) atoms. The van der Waals surface area contributed by atoms with Gasteiger partial charge in [0.2, 0.25) is 5.43 Å². The summed E-state index contributed by atoms with van der Waals surface area (Å²) in [6.45, 7) is 5.25. The maximum Gasteiger partial charge on any atom is 0.200 e. The number of hydrogen-bond donors (Lipinski definition) is 1. The summed E-state index contributed by atoms with van der Waals surface area (Å²) in [5.41, 5.74) is 3.78. The Hall–Kier alpha value is -3.19. The summed E-state index contributed by atoms with van der Waals surface area (Å²) in [4.78, 5) is 19.4. The predicted molar refractivity (Wildman–Crippen MR) is 129 cm³/mol. The van der Waals surface area contributed by atoms with Crippen molar-refractivity contribution in [2.75, 3.05) is 6.73 Å². The lowest BCUT2D eigenvalue weighted by Gasteiger charge is -2.29. The minimum absolute atomic E-state index is 0.0687. The van der Waals surface area contributed by atoms with Crippen molar-refractivity contribution >= 4 is 22.6 Å². The van der Waals surface area contributed by atoms with Crippen molar-refractivity contribution < 1.29 is 14.3 Å². The van der Waals surface area contributed by atoms with Gasteiger partial charge in [0.1, 0.15) is 24.3 Å². The molecule has 1 N–H and O–H groups in total. The first-order chi connectivity index (χ1) is 15.9. The molecule has 0 aliphatic carbocycles. The number of pyridine rings is 1. The number of fused-ring (bicyclic) bond motifs is 3. The number of halogens is 1. The molecule has 1 aliphatic heterocycles. The second kappa shape index (κ2) is 10.2. The Kier molecular flexibility index (Phi) is 7.08. The predicted octanol–water partition coefficient (Wildman–Crippen LogP) is 5.25. The van der Waals surface area contributed by atoms with E-state index >= 15 is 0 Å². The van der Waals surface area contributed by atoms with Crippen molar-refractivity contribution in [3.05, 3.63) is 93.6 Å². The SMILES string of the molecule is CC(C)O.O=c1c(-c2ccc(Cl)cc2)coc2c3c(ccc12)OCN(Cc1cccnc1)C3. The van der Waals surface area contributed by atoms with Gasteiger partial charge in [-0.1, -0.05) is 29.8 Å². The first-order valence-corrected chi connectivity index (χ1v) is 11.1. The summed E-state index contributed by atoms with van der Waals surface area (Å²) >= 11 is 5.96. The zero-order valence-corrected chi connectivity index (χ0v) is 19.2. The van der Waals surface area contributed by atoms with Gasteiger partial charge in [-0.3, -0.25) is 14.7 Å². The van der Waals surface area contributed by atoms with E-state index in [1.165, 1.54) is 6.26 Å². The molecule has 1 aliphatic rings. The Morgan fingerprint density at radius 3 is 2.61 bits per heavy atom. The van der Waals surface area contributed by atoms with Crippen molar-refractivity contribution in [1.82, 2.24) is 9.88 Å². The number of aliphatic hydroxyl groups is 1. The molecule has 7 heteroatoms. The van der Waals surface area contributed by atoms with Gasteiger partial charge in [-0.15, -0.1) is 0 Å². The molecule has 2 aromatic heterocycles. The number of rotatable bonds is 3. The Bertz CT molecular complexity index is 1280. The lowest BCUT2D eigenvalue weighted by molar-refractivity contribution is 0.0889. The third-order valence-corrected chi connectivity index (χ3v) is 5.32. The minimum Gasteiger partial charge on any atom is -0.478 e. The van der Waals surface area contributed by atoms with Crippen LogP contribution in [0.15, 0.2) is 76.4 Å². The Balaban J connectivity index is 0.000000601. The average molecular weight is 465 g/mol. The first kappa shape index (κ1) is 23.0. The number of nitrogens with zero attached hydrogens (tertiary/aromatic N) is 2. The van der Waals surface area contributed by atoms with Gasteiger partial charge in [0.05, 0.1) is 16.5 Å². The maximum atomic E-state index is 13.1. The molecule has 2 aromatic carbocycles.